The first-order valence-corrected chi connectivity index (χ1v) is 16.5. The van der Waals surface area contributed by atoms with Gasteiger partial charge in [-0.1, -0.05) is 84.9 Å². The van der Waals surface area contributed by atoms with Crippen molar-refractivity contribution in [1.82, 2.24) is 15.5 Å². The van der Waals surface area contributed by atoms with E-state index in [0.717, 1.165) is 32.7 Å². The smallest absolute Gasteiger partial charge is 0.336 e. The quantitative estimate of drug-likeness (QED) is 0.137. The Bertz CT molecular complexity index is 1630. The summed E-state index contributed by atoms with van der Waals surface area (Å²) in [6.45, 7) is 0. The first-order chi connectivity index (χ1) is 21.5. The highest BCUT2D eigenvalue weighted by Gasteiger charge is 2.56. The van der Waals surface area contributed by atoms with Crippen LogP contribution in [0, 0.1) is 0 Å². The molecule has 2 aliphatic rings. The Morgan fingerprint density at radius 2 is 1.50 bits per heavy atom. The number of thioether (sulfide) groups is 2. The lowest BCUT2D eigenvalue weighted by Gasteiger charge is -2.51. The van der Waals surface area contributed by atoms with Gasteiger partial charge in [-0.3, -0.25) is 14.4 Å². The average molecular weight is 642 g/mol. The van der Waals surface area contributed by atoms with Gasteiger partial charge in [-0.15, -0.1) is 23.1 Å². The highest BCUT2D eigenvalue weighted by Crippen LogP contribution is 2.41. The summed E-state index contributed by atoms with van der Waals surface area (Å²) >= 11 is 3.71. The van der Waals surface area contributed by atoms with E-state index in [9.17, 15) is 19.2 Å². The van der Waals surface area contributed by atoms with Crippen LogP contribution in [0.15, 0.2) is 125 Å². The number of fused-ring (bicyclic) bond motifs is 1. The number of carbonyl (C=O) groups excluding carboxylic acids is 4. The van der Waals surface area contributed by atoms with Crippen LogP contribution in [-0.4, -0.2) is 45.4 Å². The van der Waals surface area contributed by atoms with Gasteiger partial charge in [-0.2, -0.15) is 0 Å². The molecule has 3 heterocycles. The zero-order valence-corrected chi connectivity index (χ0v) is 25.6. The molecule has 1 fully saturated rings. The fourth-order valence-corrected chi connectivity index (χ4v) is 7.58. The van der Waals surface area contributed by atoms with Gasteiger partial charge in [0.15, 0.2) is 12.1 Å². The van der Waals surface area contributed by atoms with Crippen LogP contribution >= 0.6 is 34.9 Å². The molecule has 1 aromatic heterocycles. The van der Waals surface area contributed by atoms with Crippen molar-refractivity contribution in [3.05, 3.63) is 136 Å². The third kappa shape index (κ3) is 6.59. The Morgan fingerprint density at radius 3 is 2.11 bits per heavy atom. The molecule has 3 aromatic carbocycles. The van der Waals surface area contributed by atoms with Crippen LogP contribution in [0.2, 0.25) is 0 Å². The number of thiophene rings is 1. The average Bonchev–Trinajstić information content (AvgIpc) is 3.56. The Labute approximate surface area is 266 Å². The first kappa shape index (κ1) is 29.7. The normalized spacial score (nSPS) is 18.9. The maximum atomic E-state index is 14.1. The second-order valence-electron chi connectivity index (χ2n) is 10.0. The lowest BCUT2D eigenvalue weighted by molar-refractivity contribution is -0.165. The molecule has 8 nitrogen and oxygen atoms in total. The number of benzene rings is 3. The summed E-state index contributed by atoms with van der Waals surface area (Å²) in [6.07, 6.45) is -0.584. The summed E-state index contributed by atoms with van der Waals surface area (Å²) in [5.74, 6) is -1.39. The zero-order chi connectivity index (χ0) is 30.5. The summed E-state index contributed by atoms with van der Waals surface area (Å²) in [7, 11) is 0. The predicted octanol–water partition coefficient (Wildman–Crippen LogP) is 5.74. The zero-order valence-electron chi connectivity index (χ0n) is 23.2. The number of hydrogen-bond acceptors (Lipinski definition) is 8. The van der Waals surface area contributed by atoms with Crippen LogP contribution < -0.4 is 10.6 Å². The van der Waals surface area contributed by atoms with E-state index in [1.54, 1.807) is 5.41 Å². The number of esters is 1. The van der Waals surface area contributed by atoms with Gasteiger partial charge < -0.3 is 20.3 Å². The highest BCUT2D eigenvalue weighted by molar-refractivity contribution is 8.13. The standard InChI is InChI=1S/C33H27N3O5S3/c37-26(19-24-17-10-18-42-24)35-27-30(38)36-28(25(20-43-31(27)36)34-33(40)44-23-15-8-3-9-16-23)32(39)41-29(21-11-4-1-5-12-21)22-13-6-2-7-14-22/h1-18,20,27-29,31H,19H2,(H,34,40)(H,35,37)/t27?,28?,31-/m1/s1. The Morgan fingerprint density at radius 1 is 0.864 bits per heavy atom. The summed E-state index contributed by atoms with van der Waals surface area (Å²) < 4.78 is 6.15. The number of β-lactam (4-membered cyclic amide) rings is 1. The van der Waals surface area contributed by atoms with Gasteiger partial charge in [-0.25, -0.2) is 4.79 Å². The summed E-state index contributed by atoms with van der Waals surface area (Å²) in [5, 5.41) is 8.26. The van der Waals surface area contributed by atoms with Crippen molar-refractivity contribution < 1.29 is 23.9 Å². The van der Waals surface area contributed by atoms with Crippen molar-refractivity contribution in [2.45, 2.75) is 34.9 Å². The van der Waals surface area contributed by atoms with Crippen molar-refractivity contribution in [2.75, 3.05) is 0 Å². The Hall–Kier alpha value is -4.32. The minimum absolute atomic E-state index is 0.161. The van der Waals surface area contributed by atoms with E-state index < -0.39 is 40.7 Å². The predicted molar refractivity (Wildman–Crippen MR) is 172 cm³/mol. The topological polar surface area (TPSA) is 105 Å². The van der Waals surface area contributed by atoms with Crippen molar-refractivity contribution in [2.24, 2.45) is 0 Å². The number of ether oxygens (including phenoxy) is 1. The van der Waals surface area contributed by atoms with E-state index in [0.29, 0.717) is 0 Å². The largest absolute Gasteiger partial charge is 0.451 e. The molecule has 2 N–H and O–H groups in total. The van der Waals surface area contributed by atoms with E-state index in [1.807, 2.05) is 109 Å². The molecule has 6 rings (SSSR count). The van der Waals surface area contributed by atoms with Gasteiger partial charge in [0.1, 0.15) is 11.4 Å². The van der Waals surface area contributed by atoms with Gasteiger partial charge in [0.25, 0.3) is 5.24 Å². The lowest BCUT2D eigenvalue weighted by atomic mass is 9.99. The molecule has 2 aliphatic heterocycles. The number of nitrogens with zero attached hydrogens (tertiary/aromatic N) is 1. The van der Waals surface area contributed by atoms with Crippen LogP contribution in [0.1, 0.15) is 22.1 Å². The Kier molecular flexibility index (Phi) is 9.15. The molecule has 2 unspecified atom stereocenters. The van der Waals surface area contributed by atoms with Gasteiger partial charge in [0, 0.05) is 9.77 Å². The molecule has 0 aliphatic carbocycles. The van der Waals surface area contributed by atoms with Crippen LogP contribution in [0.5, 0.6) is 0 Å². The van der Waals surface area contributed by atoms with Crippen molar-refractivity contribution in [3.63, 3.8) is 0 Å². The van der Waals surface area contributed by atoms with Gasteiger partial charge in [0.05, 0.1) is 12.1 Å². The molecular weight excluding hydrogens is 615 g/mol. The molecular formula is C33H27N3O5S3. The molecule has 1 saturated heterocycles. The molecule has 11 heteroatoms. The van der Waals surface area contributed by atoms with Crippen LogP contribution in [0.4, 0.5) is 4.79 Å². The summed E-state index contributed by atoms with van der Waals surface area (Å²) in [4.78, 5) is 56.4. The molecule has 3 atom stereocenters. The number of amides is 3. The molecule has 0 bridgehead atoms. The number of carbonyl (C=O) groups is 4. The number of hydrogen-bond donors (Lipinski definition) is 2. The third-order valence-electron chi connectivity index (χ3n) is 7.08. The molecule has 3 amide bonds. The molecule has 0 spiro atoms. The molecule has 0 saturated carbocycles. The van der Waals surface area contributed by atoms with Crippen molar-refractivity contribution in [1.29, 1.82) is 0 Å². The second-order valence-corrected chi connectivity index (χ2v) is 13.1. The minimum Gasteiger partial charge on any atom is -0.451 e. The Balaban J connectivity index is 1.25. The van der Waals surface area contributed by atoms with Crippen molar-refractivity contribution >= 4 is 57.9 Å². The van der Waals surface area contributed by atoms with Crippen LogP contribution in [0.3, 0.4) is 0 Å². The minimum atomic E-state index is -1.21. The molecule has 222 valence electrons. The molecule has 0 radical (unpaired) electrons. The lowest BCUT2D eigenvalue weighted by Crippen LogP contribution is -2.74. The van der Waals surface area contributed by atoms with Gasteiger partial charge >= 0.3 is 5.97 Å². The SMILES string of the molecule is O=C(Cc1cccs1)NC1C(=O)N2C(C(=O)OC(c3ccccc3)c3ccccc3)C(NC(=O)Sc3ccccc3)=CS[C@H]12. The monoisotopic (exact) mass is 641 g/mol. The second kappa shape index (κ2) is 13.5. The van der Waals surface area contributed by atoms with Gasteiger partial charge in [0.2, 0.25) is 11.8 Å². The fraction of sp³-hybridized carbons (Fsp3) is 0.152. The van der Waals surface area contributed by atoms with Crippen molar-refractivity contribution in [3.8, 4) is 0 Å². The van der Waals surface area contributed by atoms with E-state index >= 15 is 0 Å². The first-order valence-electron chi connectivity index (χ1n) is 13.8. The molecule has 4 aromatic rings. The maximum Gasteiger partial charge on any atom is 0.336 e. The van der Waals surface area contributed by atoms with E-state index in [2.05, 4.69) is 10.6 Å². The highest BCUT2D eigenvalue weighted by atomic mass is 32.2. The van der Waals surface area contributed by atoms with Gasteiger partial charge in [-0.05, 0) is 51.9 Å². The van der Waals surface area contributed by atoms with E-state index in [1.165, 1.54) is 28.0 Å². The maximum absolute atomic E-state index is 14.1. The summed E-state index contributed by atoms with van der Waals surface area (Å²) in [5.41, 5.74) is 1.76. The summed E-state index contributed by atoms with van der Waals surface area (Å²) in [6, 6.07) is 29.5. The molecule has 44 heavy (non-hydrogen) atoms. The number of nitrogens with one attached hydrogen (secondary N) is 2. The fourth-order valence-electron chi connectivity index (χ4n) is 5.03. The number of rotatable bonds is 9. The van der Waals surface area contributed by atoms with Crippen LogP contribution in [-0.2, 0) is 25.5 Å². The van der Waals surface area contributed by atoms with Crippen LogP contribution in [0.25, 0.3) is 0 Å². The van der Waals surface area contributed by atoms with E-state index in [-0.39, 0.29) is 18.0 Å². The third-order valence-corrected chi connectivity index (χ3v) is 9.92. The van der Waals surface area contributed by atoms with E-state index in [4.69, 9.17) is 4.74 Å².